The Morgan fingerprint density at radius 2 is 1.71 bits per heavy atom. The first-order valence-electron chi connectivity index (χ1n) is 9.33. The summed E-state index contributed by atoms with van der Waals surface area (Å²) in [4.78, 5) is 28.4. The van der Waals surface area contributed by atoms with E-state index in [2.05, 4.69) is 45.1 Å². The highest BCUT2D eigenvalue weighted by atomic mass is 19.1. The predicted octanol–water partition coefficient (Wildman–Crippen LogP) is 3.55. The summed E-state index contributed by atoms with van der Waals surface area (Å²) >= 11 is 0. The molecule has 0 aliphatic heterocycles. The van der Waals surface area contributed by atoms with Gasteiger partial charge in [0, 0.05) is 47.7 Å². The number of H-pyrrole nitrogens is 2. The SMILES string of the molecule is Fc1c(-c2cncnc2)ncc2[nH]nc(-c3nc4nccc(-c5cccnc5)c4[nH]3)c12. The molecule has 2 N–H and O–H groups in total. The molecule has 0 aliphatic carbocycles. The van der Waals surface area contributed by atoms with E-state index in [9.17, 15) is 0 Å². The maximum absolute atomic E-state index is 15.5. The number of hydrogen-bond acceptors (Lipinski definition) is 7. The van der Waals surface area contributed by atoms with Crippen molar-refractivity contribution in [2.45, 2.75) is 0 Å². The lowest BCUT2D eigenvalue weighted by Gasteiger charge is -2.03. The van der Waals surface area contributed by atoms with Gasteiger partial charge in [0.05, 0.1) is 22.6 Å². The van der Waals surface area contributed by atoms with Crippen LogP contribution < -0.4 is 0 Å². The van der Waals surface area contributed by atoms with Crippen molar-refractivity contribution < 1.29 is 4.39 Å². The molecule has 0 saturated heterocycles. The highest BCUT2D eigenvalue weighted by Gasteiger charge is 2.21. The zero-order chi connectivity index (χ0) is 20.8. The smallest absolute Gasteiger partial charge is 0.178 e. The minimum atomic E-state index is -0.531. The molecule has 0 amide bonds. The van der Waals surface area contributed by atoms with Crippen LogP contribution in [0.1, 0.15) is 0 Å². The van der Waals surface area contributed by atoms with E-state index in [0.29, 0.717) is 33.8 Å². The Hall–Kier alpha value is -4.60. The number of imidazole rings is 1. The van der Waals surface area contributed by atoms with Gasteiger partial charge in [-0.15, -0.1) is 0 Å². The average Bonchev–Trinajstić information content (AvgIpc) is 3.45. The van der Waals surface area contributed by atoms with E-state index in [-0.39, 0.29) is 11.1 Å². The fourth-order valence-corrected chi connectivity index (χ4v) is 3.56. The second-order valence-corrected chi connectivity index (χ2v) is 6.79. The molecule has 0 atom stereocenters. The van der Waals surface area contributed by atoms with Crippen LogP contribution in [0, 0.1) is 5.82 Å². The first-order chi connectivity index (χ1) is 15.3. The lowest BCUT2D eigenvalue weighted by Crippen LogP contribution is -1.93. The van der Waals surface area contributed by atoms with E-state index >= 15 is 4.39 Å². The number of hydrogen-bond donors (Lipinski definition) is 2. The fourth-order valence-electron chi connectivity index (χ4n) is 3.56. The van der Waals surface area contributed by atoms with Crippen molar-refractivity contribution in [3.05, 3.63) is 67.5 Å². The minimum Gasteiger partial charge on any atom is -0.335 e. The molecular weight excluding hydrogens is 397 g/mol. The first-order valence-corrected chi connectivity index (χ1v) is 9.33. The molecule has 0 unspecified atom stereocenters. The lowest BCUT2D eigenvalue weighted by atomic mass is 10.1. The standard InChI is InChI=1S/C21H12FN9/c22-16-15-14(9-27-17(16)12-7-24-10-25-8-12)30-31-19(15)21-28-18-13(3-5-26-20(18)29-21)11-2-1-4-23-6-11/h1-10H,(H,30,31)(H,26,28,29). The Morgan fingerprint density at radius 1 is 0.839 bits per heavy atom. The Labute approximate surface area is 173 Å². The fraction of sp³-hybridized carbons (Fsp3) is 0. The number of pyridine rings is 3. The molecule has 148 valence electrons. The summed E-state index contributed by atoms with van der Waals surface area (Å²) in [6, 6.07) is 5.69. The quantitative estimate of drug-likeness (QED) is 0.458. The number of fused-ring (bicyclic) bond motifs is 2. The maximum Gasteiger partial charge on any atom is 0.178 e. The molecule has 6 aromatic heterocycles. The maximum atomic E-state index is 15.5. The van der Waals surface area contributed by atoms with E-state index in [1.807, 2.05) is 18.2 Å². The molecule has 0 spiro atoms. The molecule has 6 aromatic rings. The third-order valence-corrected chi connectivity index (χ3v) is 4.97. The van der Waals surface area contributed by atoms with Gasteiger partial charge in [0.1, 0.15) is 17.7 Å². The molecule has 10 heteroatoms. The summed E-state index contributed by atoms with van der Waals surface area (Å²) in [5.74, 6) is -0.137. The summed E-state index contributed by atoms with van der Waals surface area (Å²) < 4.78 is 15.5. The highest BCUT2D eigenvalue weighted by Crippen LogP contribution is 2.33. The van der Waals surface area contributed by atoms with Gasteiger partial charge in [-0.3, -0.25) is 15.1 Å². The number of aromatic amines is 2. The Kier molecular flexibility index (Phi) is 3.75. The van der Waals surface area contributed by atoms with Crippen LogP contribution in [0.2, 0.25) is 0 Å². The normalized spacial score (nSPS) is 11.4. The third kappa shape index (κ3) is 2.73. The van der Waals surface area contributed by atoms with Crippen molar-refractivity contribution in [1.29, 1.82) is 0 Å². The van der Waals surface area contributed by atoms with Crippen LogP contribution in [0.3, 0.4) is 0 Å². The van der Waals surface area contributed by atoms with Crippen LogP contribution >= 0.6 is 0 Å². The largest absolute Gasteiger partial charge is 0.335 e. The average molecular weight is 409 g/mol. The van der Waals surface area contributed by atoms with Gasteiger partial charge in [-0.25, -0.2) is 24.3 Å². The van der Waals surface area contributed by atoms with Gasteiger partial charge in [-0.2, -0.15) is 5.10 Å². The third-order valence-electron chi connectivity index (χ3n) is 4.97. The van der Waals surface area contributed by atoms with Crippen LogP contribution in [0.4, 0.5) is 4.39 Å². The summed E-state index contributed by atoms with van der Waals surface area (Å²) in [5.41, 5.74) is 4.42. The monoisotopic (exact) mass is 409 g/mol. The molecule has 0 bridgehead atoms. The van der Waals surface area contributed by atoms with Crippen LogP contribution in [-0.2, 0) is 0 Å². The van der Waals surface area contributed by atoms with Crippen molar-refractivity contribution in [2.24, 2.45) is 0 Å². The van der Waals surface area contributed by atoms with Crippen molar-refractivity contribution in [3.8, 4) is 33.9 Å². The molecule has 6 heterocycles. The highest BCUT2D eigenvalue weighted by molar-refractivity contribution is 5.97. The van der Waals surface area contributed by atoms with Gasteiger partial charge >= 0.3 is 0 Å². The topological polar surface area (TPSA) is 122 Å². The van der Waals surface area contributed by atoms with E-state index in [1.54, 1.807) is 18.6 Å². The molecule has 0 aromatic carbocycles. The molecule has 9 nitrogen and oxygen atoms in total. The van der Waals surface area contributed by atoms with Crippen LogP contribution in [0.5, 0.6) is 0 Å². The summed E-state index contributed by atoms with van der Waals surface area (Å²) in [5, 5.41) is 7.39. The Bertz CT molecular complexity index is 1540. The van der Waals surface area contributed by atoms with E-state index < -0.39 is 5.82 Å². The second-order valence-electron chi connectivity index (χ2n) is 6.79. The van der Waals surface area contributed by atoms with Crippen molar-refractivity contribution in [2.75, 3.05) is 0 Å². The molecule has 0 aliphatic rings. The zero-order valence-electron chi connectivity index (χ0n) is 15.8. The first kappa shape index (κ1) is 17.3. The molecule has 0 radical (unpaired) electrons. The van der Waals surface area contributed by atoms with Crippen molar-refractivity contribution in [3.63, 3.8) is 0 Å². The van der Waals surface area contributed by atoms with Crippen molar-refractivity contribution in [1.82, 2.24) is 45.1 Å². The molecule has 0 saturated carbocycles. The number of aromatic nitrogens is 9. The number of halogens is 1. The minimum absolute atomic E-state index is 0.140. The number of nitrogens with zero attached hydrogens (tertiary/aromatic N) is 7. The zero-order valence-corrected chi connectivity index (χ0v) is 15.8. The van der Waals surface area contributed by atoms with Gasteiger partial charge in [-0.1, -0.05) is 6.07 Å². The predicted molar refractivity (Wildman–Crippen MR) is 111 cm³/mol. The molecule has 6 rings (SSSR count). The Balaban J connectivity index is 1.56. The molecule has 31 heavy (non-hydrogen) atoms. The number of rotatable bonds is 3. The molecular formula is C21H12FN9. The summed E-state index contributed by atoms with van der Waals surface area (Å²) in [6.07, 6.45) is 11.1. The van der Waals surface area contributed by atoms with Gasteiger partial charge in [0.25, 0.3) is 0 Å². The van der Waals surface area contributed by atoms with Crippen molar-refractivity contribution >= 4 is 22.1 Å². The van der Waals surface area contributed by atoms with E-state index in [0.717, 1.165) is 11.1 Å². The van der Waals surface area contributed by atoms with Gasteiger partial charge in [0.2, 0.25) is 0 Å². The van der Waals surface area contributed by atoms with E-state index in [1.165, 1.54) is 24.9 Å². The van der Waals surface area contributed by atoms with E-state index in [4.69, 9.17) is 0 Å². The van der Waals surface area contributed by atoms with Crippen LogP contribution in [0.15, 0.2) is 61.7 Å². The van der Waals surface area contributed by atoms with Gasteiger partial charge in [-0.05, 0) is 12.1 Å². The Morgan fingerprint density at radius 3 is 2.55 bits per heavy atom. The van der Waals surface area contributed by atoms with Crippen LogP contribution in [-0.4, -0.2) is 45.1 Å². The van der Waals surface area contributed by atoms with Gasteiger partial charge in [0.15, 0.2) is 17.3 Å². The second kappa shape index (κ2) is 6.73. The lowest BCUT2D eigenvalue weighted by molar-refractivity contribution is 0.638. The summed E-state index contributed by atoms with van der Waals surface area (Å²) in [7, 11) is 0. The van der Waals surface area contributed by atoms with Crippen LogP contribution in [0.25, 0.3) is 56.0 Å². The molecule has 0 fully saturated rings. The van der Waals surface area contributed by atoms with Gasteiger partial charge < -0.3 is 4.98 Å². The number of nitrogens with one attached hydrogen (secondary N) is 2. The summed E-state index contributed by atoms with van der Waals surface area (Å²) in [6.45, 7) is 0.